The monoisotopic (exact) mass is 229 g/mol. The van der Waals surface area contributed by atoms with Gasteiger partial charge in [-0.3, -0.25) is 0 Å². The Bertz CT molecular complexity index is 515. The second-order valence-electron chi connectivity index (χ2n) is 4.42. The van der Waals surface area contributed by atoms with Crippen LogP contribution in [-0.4, -0.2) is 25.6 Å². The first-order valence-electron chi connectivity index (χ1n) is 5.85. The fourth-order valence-electron chi connectivity index (χ4n) is 1.73. The van der Waals surface area contributed by atoms with Crippen molar-refractivity contribution in [1.29, 1.82) is 0 Å². The molecule has 1 aliphatic carbocycles. The van der Waals surface area contributed by atoms with Gasteiger partial charge in [0.1, 0.15) is 5.69 Å². The average Bonchev–Trinajstić information content (AvgIpc) is 3.08. The van der Waals surface area contributed by atoms with Crippen molar-refractivity contribution in [3.8, 4) is 11.5 Å². The van der Waals surface area contributed by atoms with Crippen molar-refractivity contribution in [3.05, 3.63) is 30.5 Å². The van der Waals surface area contributed by atoms with Crippen LogP contribution in [0.2, 0.25) is 0 Å². The second kappa shape index (κ2) is 4.25. The zero-order chi connectivity index (χ0) is 11.7. The van der Waals surface area contributed by atoms with Crippen LogP contribution >= 0.6 is 0 Å². The molecule has 0 spiro atoms. The van der Waals surface area contributed by atoms with Gasteiger partial charge in [0.2, 0.25) is 0 Å². The van der Waals surface area contributed by atoms with E-state index in [2.05, 4.69) is 20.3 Å². The summed E-state index contributed by atoms with van der Waals surface area (Å²) in [5.41, 5.74) is 1.97. The summed E-state index contributed by atoms with van der Waals surface area (Å²) in [7, 11) is 1.95. The zero-order valence-electron chi connectivity index (χ0n) is 9.80. The van der Waals surface area contributed by atoms with Crippen molar-refractivity contribution in [2.24, 2.45) is 7.05 Å². The molecule has 88 valence electrons. The van der Waals surface area contributed by atoms with Crippen LogP contribution in [-0.2, 0) is 13.6 Å². The van der Waals surface area contributed by atoms with Crippen LogP contribution in [0.15, 0.2) is 24.8 Å². The Hall–Kier alpha value is -1.75. The predicted molar refractivity (Wildman–Crippen MR) is 64.1 cm³/mol. The van der Waals surface area contributed by atoms with E-state index >= 15 is 0 Å². The van der Waals surface area contributed by atoms with E-state index in [1.807, 2.05) is 17.7 Å². The number of hydrogen-bond acceptors (Lipinski definition) is 4. The van der Waals surface area contributed by atoms with E-state index in [0.717, 1.165) is 23.8 Å². The van der Waals surface area contributed by atoms with Gasteiger partial charge in [0, 0.05) is 25.8 Å². The Balaban J connectivity index is 1.80. The Kier molecular flexibility index (Phi) is 2.60. The molecule has 3 rings (SSSR count). The number of aromatic nitrogens is 4. The lowest BCUT2D eigenvalue weighted by atomic mass is 10.3. The van der Waals surface area contributed by atoms with E-state index in [1.54, 1.807) is 18.7 Å². The topological polar surface area (TPSA) is 55.6 Å². The summed E-state index contributed by atoms with van der Waals surface area (Å²) >= 11 is 0. The van der Waals surface area contributed by atoms with Gasteiger partial charge in [0.15, 0.2) is 5.82 Å². The van der Waals surface area contributed by atoms with Crippen molar-refractivity contribution in [1.82, 2.24) is 24.8 Å². The molecule has 2 aromatic heterocycles. The van der Waals surface area contributed by atoms with Crippen molar-refractivity contribution in [3.63, 3.8) is 0 Å². The summed E-state index contributed by atoms with van der Waals surface area (Å²) in [5, 5.41) is 3.45. The number of nitrogens with zero attached hydrogens (tertiary/aromatic N) is 4. The molecule has 0 saturated heterocycles. The maximum Gasteiger partial charge on any atom is 0.178 e. The van der Waals surface area contributed by atoms with Crippen LogP contribution < -0.4 is 5.32 Å². The van der Waals surface area contributed by atoms with Gasteiger partial charge in [0.25, 0.3) is 0 Å². The molecule has 2 aromatic rings. The highest BCUT2D eigenvalue weighted by molar-refractivity contribution is 5.47. The van der Waals surface area contributed by atoms with Gasteiger partial charge in [0.05, 0.1) is 18.2 Å². The highest BCUT2D eigenvalue weighted by Crippen LogP contribution is 2.19. The lowest BCUT2D eigenvalue weighted by molar-refractivity contribution is 0.673. The minimum Gasteiger partial charge on any atom is -0.331 e. The van der Waals surface area contributed by atoms with Gasteiger partial charge in [-0.1, -0.05) is 0 Å². The molecule has 17 heavy (non-hydrogen) atoms. The van der Waals surface area contributed by atoms with Gasteiger partial charge in [-0.2, -0.15) is 0 Å². The zero-order valence-corrected chi connectivity index (χ0v) is 9.80. The molecule has 1 aliphatic rings. The van der Waals surface area contributed by atoms with Crippen LogP contribution in [0.25, 0.3) is 11.5 Å². The first-order valence-corrected chi connectivity index (χ1v) is 5.85. The third-order valence-corrected chi connectivity index (χ3v) is 2.91. The molecular formula is C12H15N5. The van der Waals surface area contributed by atoms with Crippen LogP contribution in [0, 0.1) is 0 Å². The minimum absolute atomic E-state index is 0.699. The van der Waals surface area contributed by atoms with Gasteiger partial charge in [-0.25, -0.2) is 15.0 Å². The minimum atomic E-state index is 0.699. The molecule has 0 bridgehead atoms. The van der Waals surface area contributed by atoms with Crippen LogP contribution in [0.3, 0.4) is 0 Å². The molecule has 0 aromatic carbocycles. The van der Waals surface area contributed by atoms with Gasteiger partial charge in [-0.15, -0.1) is 0 Å². The molecule has 1 fully saturated rings. The highest BCUT2D eigenvalue weighted by atomic mass is 15.1. The van der Waals surface area contributed by atoms with Crippen LogP contribution in [0.1, 0.15) is 18.5 Å². The molecular weight excluding hydrogens is 214 g/mol. The Labute approximate surface area is 99.9 Å². The number of nitrogens with one attached hydrogen (secondary N) is 1. The van der Waals surface area contributed by atoms with Gasteiger partial charge in [-0.05, 0) is 18.9 Å². The predicted octanol–water partition coefficient (Wildman–Crippen LogP) is 1.13. The number of aryl methyl sites for hydroxylation is 1. The van der Waals surface area contributed by atoms with Crippen molar-refractivity contribution in [2.45, 2.75) is 25.4 Å². The van der Waals surface area contributed by atoms with Crippen LogP contribution in [0.4, 0.5) is 0 Å². The maximum absolute atomic E-state index is 4.54. The molecule has 1 N–H and O–H groups in total. The summed E-state index contributed by atoms with van der Waals surface area (Å²) < 4.78 is 1.92. The molecule has 5 nitrogen and oxygen atoms in total. The number of rotatable bonds is 4. The van der Waals surface area contributed by atoms with Gasteiger partial charge < -0.3 is 9.88 Å². The Morgan fingerprint density at radius 3 is 3.06 bits per heavy atom. The lowest BCUT2D eigenvalue weighted by Crippen LogP contribution is -2.16. The van der Waals surface area contributed by atoms with Crippen molar-refractivity contribution < 1.29 is 0 Å². The summed E-state index contributed by atoms with van der Waals surface area (Å²) in [6.45, 7) is 0.817. The molecule has 0 atom stereocenters. The summed E-state index contributed by atoms with van der Waals surface area (Å²) in [5.74, 6) is 0.736. The average molecular weight is 229 g/mol. The second-order valence-corrected chi connectivity index (χ2v) is 4.42. The fraction of sp³-hybridized carbons (Fsp3) is 0.417. The van der Waals surface area contributed by atoms with E-state index in [4.69, 9.17) is 0 Å². The highest BCUT2D eigenvalue weighted by Gasteiger charge is 2.20. The molecule has 0 amide bonds. The Morgan fingerprint density at radius 1 is 1.47 bits per heavy atom. The van der Waals surface area contributed by atoms with Crippen molar-refractivity contribution >= 4 is 0 Å². The third kappa shape index (κ3) is 2.34. The molecule has 1 saturated carbocycles. The first kappa shape index (κ1) is 10.4. The van der Waals surface area contributed by atoms with Crippen molar-refractivity contribution in [2.75, 3.05) is 0 Å². The summed E-state index contributed by atoms with van der Waals surface area (Å²) in [6.07, 6.45) is 7.93. The standard InChI is InChI=1S/C12H15N5/c1-17-8-13-7-11(17)12-14-5-4-10(16-12)6-15-9-2-3-9/h4-5,7-9,15H,2-3,6H2,1H3. The van der Waals surface area contributed by atoms with E-state index in [1.165, 1.54) is 12.8 Å². The first-order chi connectivity index (χ1) is 8.33. The smallest absolute Gasteiger partial charge is 0.178 e. The molecule has 2 heterocycles. The third-order valence-electron chi connectivity index (χ3n) is 2.91. The quantitative estimate of drug-likeness (QED) is 0.854. The van der Waals surface area contributed by atoms with Gasteiger partial charge >= 0.3 is 0 Å². The van der Waals surface area contributed by atoms with E-state index in [-0.39, 0.29) is 0 Å². The largest absolute Gasteiger partial charge is 0.331 e. The normalized spacial score (nSPS) is 15.1. The lowest BCUT2D eigenvalue weighted by Gasteiger charge is -2.05. The van der Waals surface area contributed by atoms with E-state index in [9.17, 15) is 0 Å². The Morgan fingerprint density at radius 2 is 2.35 bits per heavy atom. The SMILES string of the molecule is Cn1cncc1-c1nccc(CNC2CC2)n1. The molecule has 0 unspecified atom stereocenters. The maximum atomic E-state index is 4.54. The summed E-state index contributed by atoms with van der Waals surface area (Å²) in [4.78, 5) is 12.9. The van der Waals surface area contributed by atoms with E-state index in [0.29, 0.717) is 6.04 Å². The molecule has 0 aliphatic heterocycles. The molecule has 5 heteroatoms. The number of imidazole rings is 1. The van der Waals surface area contributed by atoms with Crippen LogP contribution in [0.5, 0.6) is 0 Å². The van der Waals surface area contributed by atoms with E-state index < -0.39 is 0 Å². The number of hydrogen-bond donors (Lipinski definition) is 1. The fourth-order valence-corrected chi connectivity index (χ4v) is 1.73. The molecule has 0 radical (unpaired) electrons. The summed E-state index contributed by atoms with van der Waals surface area (Å²) in [6, 6.07) is 2.65.